The highest BCUT2D eigenvalue weighted by atomic mass is 19.1. The van der Waals surface area contributed by atoms with Crippen molar-refractivity contribution in [2.45, 2.75) is 32.6 Å². The Morgan fingerprint density at radius 2 is 1.95 bits per heavy atom. The van der Waals surface area contributed by atoms with Gasteiger partial charge in [0.1, 0.15) is 11.6 Å². The molecular formula is C15H20FNO2. The molecule has 1 saturated heterocycles. The quantitative estimate of drug-likeness (QED) is 0.841. The maximum atomic E-state index is 13.3. The zero-order valence-electron chi connectivity index (χ0n) is 11.3. The monoisotopic (exact) mass is 265 g/mol. The molecule has 1 aromatic carbocycles. The van der Waals surface area contributed by atoms with E-state index >= 15 is 0 Å². The maximum Gasteiger partial charge on any atom is 0.260 e. The first-order chi connectivity index (χ1) is 9.16. The molecule has 1 aromatic rings. The highest BCUT2D eigenvalue weighted by Gasteiger charge is 2.15. The van der Waals surface area contributed by atoms with Gasteiger partial charge in [-0.2, -0.15) is 0 Å². The van der Waals surface area contributed by atoms with Gasteiger partial charge in [-0.3, -0.25) is 4.79 Å². The second-order valence-corrected chi connectivity index (χ2v) is 4.99. The highest BCUT2D eigenvalue weighted by Crippen LogP contribution is 2.16. The number of aryl methyl sites for hydroxylation is 1. The zero-order chi connectivity index (χ0) is 13.7. The van der Waals surface area contributed by atoms with Crippen LogP contribution in [0.5, 0.6) is 5.75 Å². The number of benzene rings is 1. The second kappa shape index (κ2) is 6.55. The van der Waals surface area contributed by atoms with Gasteiger partial charge in [0.15, 0.2) is 6.61 Å². The van der Waals surface area contributed by atoms with Crippen molar-refractivity contribution >= 4 is 5.91 Å². The molecule has 0 N–H and O–H groups in total. The van der Waals surface area contributed by atoms with Crippen LogP contribution in [0.3, 0.4) is 0 Å². The Morgan fingerprint density at radius 1 is 1.26 bits per heavy atom. The molecule has 0 bridgehead atoms. The summed E-state index contributed by atoms with van der Waals surface area (Å²) in [6.45, 7) is 3.30. The number of amides is 1. The molecule has 0 aromatic heterocycles. The van der Waals surface area contributed by atoms with Gasteiger partial charge in [0.25, 0.3) is 5.91 Å². The van der Waals surface area contributed by atoms with Crippen molar-refractivity contribution in [3.05, 3.63) is 29.6 Å². The molecule has 0 atom stereocenters. The number of halogens is 1. The van der Waals surface area contributed by atoms with E-state index in [1.807, 2.05) is 4.90 Å². The summed E-state index contributed by atoms with van der Waals surface area (Å²) in [5, 5.41) is 0. The van der Waals surface area contributed by atoms with Crippen LogP contribution in [0.25, 0.3) is 0 Å². The first-order valence-electron chi connectivity index (χ1n) is 6.83. The molecule has 0 saturated carbocycles. The minimum Gasteiger partial charge on any atom is -0.484 e. The Labute approximate surface area is 113 Å². The Kier molecular flexibility index (Phi) is 4.77. The molecule has 19 heavy (non-hydrogen) atoms. The molecule has 1 aliphatic rings. The lowest BCUT2D eigenvalue weighted by Crippen LogP contribution is -2.35. The number of ether oxygens (including phenoxy) is 1. The van der Waals surface area contributed by atoms with Crippen LogP contribution in [0.2, 0.25) is 0 Å². The third-order valence-corrected chi connectivity index (χ3v) is 3.46. The van der Waals surface area contributed by atoms with Crippen molar-refractivity contribution in [1.82, 2.24) is 4.90 Å². The number of hydrogen-bond acceptors (Lipinski definition) is 2. The molecule has 1 aliphatic heterocycles. The van der Waals surface area contributed by atoms with E-state index in [9.17, 15) is 9.18 Å². The van der Waals surface area contributed by atoms with E-state index in [1.54, 1.807) is 19.1 Å². The lowest BCUT2D eigenvalue weighted by atomic mass is 10.2. The average molecular weight is 265 g/mol. The first kappa shape index (κ1) is 13.8. The summed E-state index contributed by atoms with van der Waals surface area (Å²) in [5.41, 5.74) is 0.575. The van der Waals surface area contributed by atoms with Gasteiger partial charge in [-0.25, -0.2) is 4.39 Å². The third-order valence-electron chi connectivity index (χ3n) is 3.46. The van der Waals surface area contributed by atoms with E-state index in [2.05, 4.69) is 0 Å². The first-order valence-corrected chi connectivity index (χ1v) is 6.83. The maximum absolute atomic E-state index is 13.3. The van der Waals surface area contributed by atoms with Crippen LogP contribution >= 0.6 is 0 Å². The largest absolute Gasteiger partial charge is 0.484 e. The summed E-state index contributed by atoms with van der Waals surface area (Å²) >= 11 is 0. The molecule has 0 radical (unpaired) electrons. The standard InChI is InChI=1S/C15H20FNO2/c1-12-6-7-13(10-14(12)16)19-11-15(18)17-8-4-2-3-5-9-17/h6-7,10H,2-5,8-9,11H2,1H3. The second-order valence-electron chi connectivity index (χ2n) is 4.99. The predicted octanol–water partition coefficient (Wildman–Crippen LogP) is 2.92. The molecule has 2 rings (SSSR count). The topological polar surface area (TPSA) is 29.5 Å². The van der Waals surface area contributed by atoms with Gasteiger partial charge in [-0.05, 0) is 31.4 Å². The summed E-state index contributed by atoms with van der Waals surface area (Å²) in [6, 6.07) is 4.67. The molecule has 0 aliphatic carbocycles. The normalized spacial score (nSPS) is 16.0. The van der Waals surface area contributed by atoms with Crippen LogP contribution < -0.4 is 4.74 Å². The predicted molar refractivity (Wildman–Crippen MR) is 71.7 cm³/mol. The van der Waals surface area contributed by atoms with Crippen LogP contribution in [0, 0.1) is 12.7 Å². The van der Waals surface area contributed by atoms with Crippen LogP contribution in [-0.2, 0) is 4.79 Å². The van der Waals surface area contributed by atoms with E-state index in [1.165, 1.54) is 18.9 Å². The van der Waals surface area contributed by atoms with Gasteiger partial charge in [0, 0.05) is 19.2 Å². The SMILES string of the molecule is Cc1ccc(OCC(=O)N2CCCCCC2)cc1F. The fraction of sp³-hybridized carbons (Fsp3) is 0.533. The molecule has 3 nitrogen and oxygen atoms in total. The minimum atomic E-state index is -0.306. The van der Waals surface area contributed by atoms with Gasteiger partial charge in [0.05, 0.1) is 0 Å². The number of hydrogen-bond donors (Lipinski definition) is 0. The number of carbonyl (C=O) groups is 1. The Morgan fingerprint density at radius 3 is 2.58 bits per heavy atom. The van der Waals surface area contributed by atoms with Crippen molar-refractivity contribution in [1.29, 1.82) is 0 Å². The summed E-state index contributed by atoms with van der Waals surface area (Å²) in [7, 11) is 0. The molecular weight excluding hydrogens is 245 g/mol. The molecule has 1 fully saturated rings. The van der Waals surface area contributed by atoms with Crippen LogP contribution in [0.15, 0.2) is 18.2 Å². The number of likely N-dealkylation sites (tertiary alicyclic amines) is 1. The lowest BCUT2D eigenvalue weighted by Gasteiger charge is -2.20. The number of nitrogens with zero attached hydrogens (tertiary/aromatic N) is 1. The average Bonchev–Trinajstić information content (AvgIpc) is 2.69. The zero-order valence-corrected chi connectivity index (χ0v) is 11.3. The van der Waals surface area contributed by atoms with Crippen LogP contribution in [0.4, 0.5) is 4.39 Å². The Balaban J connectivity index is 1.86. The summed E-state index contributed by atoms with van der Waals surface area (Å²) < 4.78 is 18.7. The van der Waals surface area contributed by atoms with Crippen LogP contribution in [-0.4, -0.2) is 30.5 Å². The minimum absolute atomic E-state index is 0.0112. The smallest absolute Gasteiger partial charge is 0.260 e. The fourth-order valence-electron chi connectivity index (χ4n) is 2.22. The van der Waals surface area contributed by atoms with E-state index in [0.717, 1.165) is 25.9 Å². The van der Waals surface area contributed by atoms with Gasteiger partial charge in [-0.15, -0.1) is 0 Å². The molecule has 0 spiro atoms. The summed E-state index contributed by atoms with van der Waals surface area (Å²) in [5.74, 6) is 0.0916. The molecule has 104 valence electrons. The van der Waals surface area contributed by atoms with Crippen LogP contribution in [0.1, 0.15) is 31.2 Å². The van der Waals surface area contributed by atoms with Gasteiger partial charge in [0.2, 0.25) is 0 Å². The van der Waals surface area contributed by atoms with Crippen molar-refractivity contribution in [3.63, 3.8) is 0 Å². The van der Waals surface area contributed by atoms with E-state index in [4.69, 9.17) is 4.74 Å². The van der Waals surface area contributed by atoms with E-state index in [0.29, 0.717) is 11.3 Å². The van der Waals surface area contributed by atoms with Gasteiger partial charge in [-0.1, -0.05) is 18.9 Å². The molecule has 1 heterocycles. The molecule has 4 heteroatoms. The van der Waals surface area contributed by atoms with Crippen molar-refractivity contribution in [2.75, 3.05) is 19.7 Å². The lowest BCUT2D eigenvalue weighted by molar-refractivity contribution is -0.133. The Bertz CT molecular complexity index is 440. The number of carbonyl (C=O) groups excluding carboxylic acids is 1. The van der Waals surface area contributed by atoms with Crippen molar-refractivity contribution < 1.29 is 13.9 Å². The third kappa shape index (κ3) is 3.94. The summed E-state index contributed by atoms with van der Waals surface area (Å²) in [6.07, 6.45) is 4.50. The van der Waals surface area contributed by atoms with Crippen molar-refractivity contribution in [2.24, 2.45) is 0 Å². The fourth-order valence-corrected chi connectivity index (χ4v) is 2.22. The summed E-state index contributed by atoms with van der Waals surface area (Å²) in [4.78, 5) is 13.8. The molecule has 0 unspecified atom stereocenters. The van der Waals surface area contributed by atoms with E-state index in [-0.39, 0.29) is 18.3 Å². The van der Waals surface area contributed by atoms with Gasteiger partial charge < -0.3 is 9.64 Å². The number of rotatable bonds is 3. The van der Waals surface area contributed by atoms with Gasteiger partial charge >= 0.3 is 0 Å². The molecule has 1 amide bonds. The highest BCUT2D eigenvalue weighted by molar-refractivity contribution is 5.77. The Hall–Kier alpha value is -1.58. The van der Waals surface area contributed by atoms with E-state index < -0.39 is 0 Å². The van der Waals surface area contributed by atoms with Crippen molar-refractivity contribution in [3.8, 4) is 5.75 Å².